The highest BCUT2D eigenvalue weighted by molar-refractivity contribution is 5.91. The lowest BCUT2D eigenvalue weighted by Gasteiger charge is -2.17. The van der Waals surface area contributed by atoms with Crippen LogP contribution in [-0.4, -0.2) is 25.2 Å². The van der Waals surface area contributed by atoms with Gasteiger partial charge in [0.2, 0.25) is 0 Å². The molecule has 0 aliphatic carbocycles. The molecule has 0 saturated carbocycles. The van der Waals surface area contributed by atoms with Crippen LogP contribution in [0.5, 0.6) is 0 Å². The van der Waals surface area contributed by atoms with Gasteiger partial charge >= 0.3 is 11.9 Å². The molecule has 0 bridgehead atoms. The number of ether oxygens (including phenoxy) is 2. The van der Waals surface area contributed by atoms with Crippen molar-refractivity contribution in [3.05, 3.63) is 0 Å². The fourth-order valence-electron chi connectivity index (χ4n) is 0.777. The van der Waals surface area contributed by atoms with Crippen molar-refractivity contribution in [2.45, 2.75) is 41.0 Å². The first-order valence-corrected chi connectivity index (χ1v) is 5.52. The summed E-state index contributed by atoms with van der Waals surface area (Å²) in [4.78, 5) is 22.4. The van der Waals surface area contributed by atoms with Crippen molar-refractivity contribution in [3.8, 4) is 0 Å². The Balaban J connectivity index is 3.75. The topological polar surface area (TPSA) is 52.6 Å². The van der Waals surface area contributed by atoms with E-state index < -0.39 is 11.9 Å². The molecule has 0 radical (unpaired) electrons. The molecular formula is C12H22O4. The monoisotopic (exact) mass is 230 g/mol. The van der Waals surface area contributed by atoms with E-state index in [1.165, 1.54) is 0 Å². The van der Waals surface area contributed by atoms with Gasteiger partial charge in [0.15, 0.2) is 0 Å². The van der Waals surface area contributed by atoms with Crippen LogP contribution < -0.4 is 0 Å². The largest absolute Gasteiger partial charge is 0.465 e. The fourth-order valence-corrected chi connectivity index (χ4v) is 0.777. The minimum atomic E-state index is -0.524. The zero-order valence-corrected chi connectivity index (χ0v) is 10.8. The van der Waals surface area contributed by atoms with Crippen LogP contribution in [0.4, 0.5) is 0 Å². The summed E-state index contributed by atoms with van der Waals surface area (Å²) in [6.45, 7) is 10.4. The van der Waals surface area contributed by atoms with Crippen molar-refractivity contribution >= 4 is 11.9 Å². The molecule has 0 rings (SSSR count). The minimum absolute atomic E-state index is 0.0858. The van der Waals surface area contributed by atoms with Gasteiger partial charge in [-0.25, -0.2) is 0 Å². The Morgan fingerprint density at radius 2 is 1.56 bits per heavy atom. The first kappa shape index (κ1) is 14.9. The number of carbonyl (C=O) groups excluding carboxylic acids is 2. The normalized spacial score (nSPS) is 11.4. The lowest BCUT2D eigenvalue weighted by atomic mass is 9.99. The first-order valence-electron chi connectivity index (χ1n) is 5.52. The Bertz CT molecular complexity index is 238. The summed E-state index contributed by atoms with van der Waals surface area (Å²) < 4.78 is 9.81. The standard InChI is InChI=1S/C12H22O4/c1-9(2)7-15-10(13)6-11(14)16-8-12(3,4)5/h9H,6-8H2,1-5H3. The van der Waals surface area contributed by atoms with Gasteiger partial charge in [0.05, 0.1) is 13.2 Å². The third-order valence-electron chi connectivity index (χ3n) is 1.53. The summed E-state index contributed by atoms with van der Waals surface area (Å²) in [6.07, 6.45) is -0.303. The highest BCUT2D eigenvalue weighted by atomic mass is 16.6. The van der Waals surface area contributed by atoms with E-state index >= 15 is 0 Å². The molecule has 0 unspecified atom stereocenters. The molecule has 0 aromatic rings. The minimum Gasteiger partial charge on any atom is -0.465 e. The Morgan fingerprint density at radius 1 is 1.06 bits per heavy atom. The van der Waals surface area contributed by atoms with Gasteiger partial charge in [-0.05, 0) is 11.3 Å². The SMILES string of the molecule is CC(C)COC(=O)CC(=O)OCC(C)(C)C. The van der Waals surface area contributed by atoms with Gasteiger partial charge in [0.1, 0.15) is 6.42 Å². The molecule has 0 aliphatic heterocycles. The first-order chi connectivity index (χ1) is 7.20. The zero-order chi connectivity index (χ0) is 12.8. The van der Waals surface area contributed by atoms with Crippen LogP contribution in [0.15, 0.2) is 0 Å². The molecule has 4 nitrogen and oxygen atoms in total. The smallest absolute Gasteiger partial charge is 0.317 e. The van der Waals surface area contributed by atoms with E-state index in [-0.39, 0.29) is 17.8 Å². The van der Waals surface area contributed by atoms with E-state index in [2.05, 4.69) is 0 Å². The van der Waals surface area contributed by atoms with Gasteiger partial charge in [-0.1, -0.05) is 34.6 Å². The average molecular weight is 230 g/mol. The van der Waals surface area contributed by atoms with E-state index in [0.717, 1.165) is 0 Å². The number of carbonyl (C=O) groups is 2. The highest BCUT2D eigenvalue weighted by Gasteiger charge is 2.17. The van der Waals surface area contributed by atoms with Crippen molar-refractivity contribution in [1.82, 2.24) is 0 Å². The van der Waals surface area contributed by atoms with Crippen LogP contribution in [-0.2, 0) is 19.1 Å². The Hall–Kier alpha value is -1.06. The van der Waals surface area contributed by atoms with Crippen LogP contribution in [0.3, 0.4) is 0 Å². The van der Waals surface area contributed by atoms with Gasteiger partial charge in [-0.15, -0.1) is 0 Å². The van der Waals surface area contributed by atoms with Crippen LogP contribution >= 0.6 is 0 Å². The van der Waals surface area contributed by atoms with Gasteiger partial charge in [-0.2, -0.15) is 0 Å². The predicted molar refractivity (Wildman–Crippen MR) is 60.8 cm³/mol. The van der Waals surface area contributed by atoms with Crippen molar-refractivity contribution in [2.75, 3.05) is 13.2 Å². The van der Waals surface area contributed by atoms with Crippen molar-refractivity contribution in [1.29, 1.82) is 0 Å². The Kier molecular flexibility index (Phi) is 6.08. The summed E-state index contributed by atoms with van der Waals surface area (Å²) in [5.41, 5.74) is -0.0858. The van der Waals surface area contributed by atoms with Gasteiger partial charge in [0, 0.05) is 0 Å². The molecule has 0 spiro atoms. The maximum Gasteiger partial charge on any atom is 0.317 e. The summed E-state index contributed by atoms with van der Waals surface area (Å²) in [5.74, 6) is -0.772. The summed E-state index contributed by atoms with van der Waals surface area (Å²) in [7, 11) is 0. The lowest BCUT2D eigenvalue weighted by molar-refractivity contribution is -0.156. The van der Waals surface area contributed by atoms with Crippen LogP contribution in [0, 0.1) is 11.3 Å². The average Bonchev–Trinajstić information content (AvgIpc) is 2.10. The molecule has 4 heteroatoms. The Morgan fingerprint density at radius 3 is 2.00 bits per heavy atom. The summed E-state index contributed by atoms with van der Waals surface area (Å²) in [5, 5.41) is 0. The molecule has 0 aliphatic rings. The predicted octanol–water partition coefficient (Wildman–Crippen LogP) is 2.17. The van der Waals surface area contributed by atoms with Crippen molar-refractivity contribution in [3.63, 3.8) is 0 Å². The van der Waals surface area contributed by atoms with Crippen molar-refractivity contribution < 1.29 is 19.1 Å². The van der Waals surface area contributed by atoms with E-state index in [9.17, 15) is 9.59 Å². The summed E-state index contributed by atoms with van der Waals surface area (Å²) in [6, 6.07) is 0. The van der Waals surface area contributed by atoms with Crippen LogP contribution in [0.2, 0.25) is 0 Å². The highest BCUT2D eigenvalue weighted by Crippen LogP contribution is 2.13. The van der Waals surface area contributed by atoms with E-state index in [1.54, 1.807) is 0 Å². The van der Waals surface area contributed by atoms with Crippen LogP contribution in [0.1, 0.15) is 41.0 Å². The second kappa shape index (κ2) is 6.51. The molecule has 0 atom stereocenters. The summed E-state index contributed by atoms with van der Waals surface area (Å²) >= 11 is 0. The third-order valence-corrected chi connectivity index (χ3v) is 1.53. The number of rotatable bonds is 5. The molecule has 0 saturated heterocycles. The zero-order valence-electron chi connectivity index (χ0n) is 10.8. The van der Waals surface area contributed by atoms with E-state index in [1.807, 2.05) is 34.6 Å². The third kappa shape index (κ3) is 9.49. The van der Waals surface area contributed by atoms with Gasteiger partial charge in [0.25, 0.3) is 0 Å². The number of hydrogen-bond donors (Lipinski definition) is 0. The number of esters is 2. The molecule has 0 aromatic heterocycles. The maximum absolute atomic E-state index is 11.2. The maximum atomic E-state index is 11.2. The molecule has 0 fully saturated rings. The molecule has 0 heterocycles. The Labute approximate surface area is 97.3 Å². The second-order valence-corrected chi connectivity index (χ2v) is 5.47. The molecular weight excluding hydrogens is 208 g/mol. The number of hydrogen-bond acceptors (Lipinski definition) is 4. The van der Waals surface area contributed by atoms with Gasteiger partial charge < -0.3 is 9.47 Å². The second-order valence-electron chi connectivity index (χ2n) is 5.47. The van der Waals surface area contributed by atoms with E-state index in [4.69, 9.17) is 9.47 Å². The molecule has 0 N–H and O–H groups in total. The molecule has 0 amide bonds. The van der Waals surface area contributed by atoms with Gasteiger partial charge in [-0.3, -0.25) is 9.59 Å². The van der Waals surface area contributed by atoms with E-state index in [0.29, 0.717) is 13.2 Å². The quantitative estimate of drug-likeness (QED) is 0.536. The fraction of sp³-hybridized carbons (Fsp3) is 0.833. The lowest BCUT2D eigenvalue weighted by Crippen LogP contribution is -2.21. The molecule has 94 valence electrons. The molecule has 0 aromatic carbocycles. The van der Waals surface area contributed by atoms with Crippen molar-refractivity contribution in [2.24, 2.45) is 11.3 Å². The molecule has 16 heavy (non-hydrogen) atoms. The van der Waals surface area contributed by atoms with Crippen LogP contribution in [0.25, 0.3) is 0 Å².